The summed E-state index contributed by atoms with van der Waals surface area (Å²) in [5, 5.41) is 2.96. The van der Waals surface area contributed by atoms with Crippen LogP contribution in [-0.4, -0.2) is 35.8 Å². The Morgan fingerprint density at radius 1 is 0.929 bits per heavy atom. The van der Waals surface area contributed by atoms with Crippen molar-refractivity contribution in [1.82, 2.24) is 10.2 Å². The molecule has 3 fully saturated rings. The number of benzene rings is 1. The molecule has 2 bridgehead atoms. The average Bonchev–Trinajstić information content (AvgIpc) is 3.41. The first-order chi connectivity index (χ1) is 13.6. The highest BCUT2D eigenvalue weighted by Crippen LogP contribution is 2.53. The molecule has 4 atom stereocenters. The van der Waals surface area contributed by atoms with E-state index in [1.807, 2.05) is 29.2 Å². The molecule has 28 heavy (non-hydrogen) atoms. The smallest absolute Gasteiger partial charge is 0.317 e. The monoisotopic (exact) mass is 379 g/mol. The lowest BCUT2D eigenvalue weighted by molar-refractivity contribution is -0.123. The molecule has 1 saturated carbocycles. The minimum atomic E-state index is -0.175. The van der Waals surface area contributed by atoms with Gasteiger partial charge in [0.25, 0.3) is 0 Å². The molecule has 0 aromatic heterocycles. The molecule has 0 radical (unpaired) electrons. The summed E-state index contributed by atoms with van der Waals surface area (Å²) in [5.74, 6) is -0.0190. The number of carbonyl (C=O) groups excluding carboxylic acids is 3. The lowest BCUT2D eigenvalue weighted by Crippen LogP contribution is -2.42. The van der Waals surface area contributed by atoms with E-state index >= 15 is 0 Å². The van der Waals surface area contributed by atoms with E-state index in [1.54, 1.807) is 0 Å². The number of urea groups is 1. The second-order valence-electron chi connectivity index (χ2n) is 8.38. The molecule has 4 aliphatic rings. The number of imide groups is 1. The van der Waals surface area contributed by atoms with Crippen LogP contribution < -0.4 is 10.2 Å². The van der Waals surface area contributed by atoms with Gasteiger partial charge in [0.05, 0.1) is 17.5 Å². The summed E-state index contributed by atoms with van der Waals surface area (Å²) < 4.78 is 0. The molecule has 4 unspecified atom stereocenters. The fourth-order valence-corrected chi connectivity index (χ4v) is 5.31. The molecule has 0 spiro atoms. The van der Waals surface area contributed by atoms with Gasteiger partial charge in [0, 0.05) is 19.6 Å². The van der Waals surface area contributed by atoms with E-state index in [0.29, 0.717) is 12.2 Å². The molecule has 1 aromatic rings. The van der Waals surface area contributed by atoms with Gasteiger partial charge in [-0.2, -0.15) is 0 Å². The van der Waals surface area contributed by atoms with E-state index < -0.39 is 0 Å². The average molecular weight is 379 g/mol. The molecule has 6 heteroatoms. The van der Waals surface area contributed by atoms with Crippen LogP contribution >= 0.6 is 0 Å². The van der Waals surface area contributed by atoms with Crippen LogP contribution in [0, 0.1) is 23.7 Å². The van der Waals surface area contributed by atoms with Crippen LogP contribution in [0.2, 0.25) is 0 Å². The normalized spacial score (nSPS) is 30.9. The Bertz CT molecular complexity index is 811. The Morgan fingerprint density at radius 3 is 2.14 bits per heavy atom. The van der Waals surface area contributed by atoms with Crippen molar-refractivity contribution in [2.45, 2.75) is 32.2 Å². The molecular weight excluding hydrogens is 354 g/mol. The highest BCUT2D eigenvalue weighted by atomic mass is 16.2. The highest BCUT2D eigenvalue weighted by Gasteiger charge is 2.59. The van der Waals surface area contributed by atoms with Crippen LogP contribution in [0.25, 0.3) is 0 Å². The van der Waals surface area contributed by atoms with Crippen LogP contribution in [0.4, 0.5) is 10.5 Å². The number of fused-ring (bicyclic) bond motifs is 5. The molecule has 5 rings (SSSR count). The molecule has 2 heterocycles. The van der Waals surface area contributed by atoms with Gasteiger partial charge < -0.3 is 10.2 Å². The minimum Gasteiger partial charge on any atom is -0.334 e. The van der Waals surface area contributed by atoms with Crippen molar-refractivity contribution in [2.75, 3.05) is 18.0 Å². The quantitative estimate of drug-likeness (QED) is 0.648. The second kappa shape index (κ2) is 6.76. The maximum atomic E-state index is 12.9. The minimum absolute atomic E-state index is 0.0236. The maximum Gasteiger partial charge on any atom is 0.317 e. The maximum absolute atomic E-state index is 12.9. The number of rotatable bonds is 3. The molecule has 2 aliphatic carbocycles. The summed E-state index contributed by atoms with van der Waals surface area (Å²) in [7, 11) is 0. The topological polar surface area (TPSA) is 69.7 Å². The molecule has 2 saturated heterocycles. The van der Waals surface area contributed by atoms with Crippen molar-refractivity contribution < 1.29 is 14.4 Å². The lowest BCUT2D eigenvalue weighted by atomic mass is 9.85. The van der Waals surface area contributed by atoms with E-state index in [0.717, 1.165) is 37.9 Å². The van der Waals surface area contributed by atoms with Gasteiger partial charge in [-0.25, -0.2) is 4.79 Å². The first-order valence-electron chi connectivity index (χ1n) is 10.3. The number of likely N-dealkylation sites (tertiary alicyclic amines) is 1. The number of hydrogen-bond acceptors (Lipinski definition) is 3. The van der Waals surface area contributed by atoms with Crippen molar-refractivity contribution in [3.8, 4) is 0 Å². The summed E-state index contributed by atoms with van der Waals surface area (Å²) >= 11 is 0. The van der Waals surface area contributed by atoms with E-state index in [1.165, 1.54) is 11.3 Å². The summed E-state index contributed by atoms with van der Waals surface area (Å²) in [5.41, 5.74) is 1.59. The number of piperidine rings is 1. The molecule has 2 aliphatic heterocycles. The van der Waals surface area contributed by atoms with Crippen molar-refractivity contribution in [2.24, 2.45) is 23.7 Å². The Morgan fingerprint density at radius 2 is 1.54 bits per heavy atom. The number of carbonyl (C=O) groups is 3. The van der Waals surface area contributed by atoms with Gasteiger partial charge in [-0.15, -0.1) is 0 Å². The highest BCUT2D eigenvalue weighted by molar-refractivity contribution is 6.22. The Balaban J connectivity index is 1.24. The van der Waals surface area contributed by atoms with Crippen molar-refractivity contribution >= 4 is 23.5 Å². The molecule has 6 nitrogen and oxygen atoms in total. The van der Waals surface area contributed by atoms with Crippen molar-refractivity contribution in [3.05, 3.63) is 42.0 Å². The first-order valence-corrected chi connectivity index (χ1v) is 10.3. The molecule has 1 aromatic carbocycles. The zero-order chi connectivity index (χ0) is 19.3. The molecule has 4 amide bonds. The number of anilines is 1. The Labute approximate surface area is 164 Å². The zero-order valence-electron chi connectivity index (χ0n) is 15.8. The summed E-state index contributed by atoms with van der Waals surface area (Å²) in [4.78, 5) is 41.2. The second-order valence-corrected chi connectivity index (χ2v) is 8.38. The molecule has 146 valence electrons. The van der Waals surface area contributed by atoms with Crippen molar-refractivity contribution in [1.29, 1.82) is 0 Å². The summed E-state index contributed by atoms with van der Waals surface area (Å²) in [6.45, 7) is 2.09. The lowest BCUT2D eigenvalue weighted by Gasteiger charge is -2.26. The number of allylic oxidation sites excluding steroid dienone is 2. The third-order valence-electron chi connectivity index (χ3n) is 6.75. The van der Waals surface area contributed by atoms with E-state index in [-0.39, 0.29) is 41.5 Å². The predicted octanol–water partition coefficient (Wildman–Crippen LogP) is 2.69. The third kappa shape index (κ3) is 2.74. The van der Waals surface area contributed by atoms with Crippen LogP contribution in [0.3, 0.4) is 0 Å². The molecule has 1 N–H and O–H groups in total. The fourth-order valence-electron chi connectivity index (χ4n) is 5.31. The largest absolute Gasteiger partial charge is 0.334 e. The van der Waals surface area contributed by atoms with Gasteiger partial charge in [-0.1, -0.05) is 24.3 Å². The van der Waals surface area contributed by atoms with Gasteiger partial charge in [0.2, 0.25) is 11.8 Å². The number of hydrogen-bond donors (Lipinski definition) is 1. The third-order valence-corrected chi connectivity index (χ3v) is 6.75. The van der Waals surface area contributed by atoms with Gasteiger partial charge in [0.15, 0.2) is 0 Å². The van der Waals surface area contributed by atoms with Gasteiger partial charge >= 0.3 is 6.03 Å². The van der Waals surface area contributed by atoms with Crippen molar-refractivity contribution in [3.63, 3.8) is 0 Å². The number of nitrogens with one attached hydrogen (secondary N) is 1. The fraction of sp³-hybridized carbons (Fsp3) is 0.500. The van der Waals surface area contributed by atoms with E-state index in [4.69, 9.17) is 0 Å². The van der Waals surface area contributed by atoms with Crippen LogP contribution in [0.5, 0.6) is 0 Å². The Kier molecular flexibility index (Phi) is 4.22. The predicted molar refractivity (Wildman–Crippen MR) is 104 cm³/mol. The van der Waals surface area contributed by atoms with Gasteiger partial charge in [-0.3, -0.25) is 14.5 Å². The van der Waals surface area contributed by atoms with Gasteiger partial charge in [0.1, 0.15) is 0 Å². The Hall–Kier alpha value is -2.63. The summed E-state index contributed by atoms with van der Waals surface area (Å²) in [6.07, 6.45) is 8.48. The van der Waals surface area contributed by atoms with Crippen LogP contribution in [-0.2, 0) is 16.1 Å². The first kappa shape index (κ1) is 17.5. The molecular formula is C22H25N3O3. The van der Waals surface area contributed by atoms with E-state index in [9.17, 15) is 14.4 Å². The SMILES string of the molecule is O=C(NCc1ccc(N2C(=O)C3C4C=CC(C4)C3C2=O)cc1)N1CCCCC1. The standard InChI is InChI=1S/C22H25N3O3/c26-20-18-15-6-7-16(12-15)19(18)21(27)25(20)17-8-4-14(5-9-17)13-23-22(28)24-10-2-1-3-11-24/h4-9,15-16,18-19H,1-3,10-13H2,(H,23,28). The van der Waals surface area contributed by atoms with Crippen LogP contribution in [0.1, 0.15) is 31.2 Å². The summed E-state index contributed by atoms with van der Waals surface area (Å²) in [6, 6.07) is 7.37. The van der Waals surface area contributed by atoms with E-state index in [2.05, 4.69) is 17.5 Å². The van der Waals surface area contributed by atoms with Crippen LogP contribution in [0.15, 0.2) is 36.4 Å². The number of amides is 4. The van der Waals surface area contributed by atoms with Gasteiger partial charge in [-0.05, 0) is 55.2 Å². The number of nitrogens with zero attached hydrogens (tertiary/aromatic N) is 2. The zero-order valence-corrected chi connectivity index (χ0v) is 15.8.